The molecule has 2 N–H and O–H groups in total. The maximum absolute atomic E-state index is 12.0. The van der Waals surface area contributed by atoms with Crippen molar-refractivity contribution in [3.63, 3.8) is 0 Å². The van der Waals surface area contributed by atoms with Crippen molar-refractivity contribution in [2.75, 3.05) is 26.0 Å². The first kappa shape index (κ1) is 15.2. The SMILES string of the molecule is COc1cccc(SCC(=O)NC2CNCCC2C)c1. The lowest BCUT2D eigenvalue weighted by Gasteiger charge is -2.30. The van der Waals surface area contributed by atoms with Gasteiger partial charge in [0.25, 0.3) is 0 Å². The van der Waals surface area contributed by atoms with Gasteiger partial charge < -0.3 is 15.4 Å². The third kappa shape index (κ3) is 4.42. The lowest BCUT2D eigenvalue weighted by Crippen LogP contribution is -2.50. The summed E-state index contributed by atoms with van der Waals surface area (Å²) in [5, 5.41) is 6.44. The molecule has 0 radical (unpaired) electrons. The average Bonchev–Trinajstić information content (AvgIpc) is 2.48. The number of carbonyl (C=O) groups is 1. The maximum Gasteiger partial charge on any atom is 0.230 e. The predicted octanol–water partition coefficient (Wildman–Crippen LogP) is 1.90. The van der Waals surface area contributed by atoms with Crippen molar-refractivity contribution >= 4 is 17.7 Å². The van der Waals surface area contributed by atoms with Gasteiger partial charge in [0.2, 0.25) is 5.91 Å². The number of rotatable bonds is 5. The molecule has 2 rings (SSSR count). The number of hydrogen-bond acceptors (Lipinski definition) is 4. The number of methoxy groups -OCH3 is 1. The van der Waals surface area contributed by atoms with E-state index >= 15 is 0 Å². The standard InChI is InChI=1S/C15H22N2O2S/c1-11-6-7-16-9-14(11)17-15(18)10-20-13-5-3-4-12(8-13)19-2/h3-5,8,11,14,16H,6-7,9-10H2,1-2H3,(H,17,18). The largest absolute Gasteiger partial charge is 0.497 e. The molecule has 1 fully saturated rings. The Morgan fingerprint density at radius 2 is 2.40 bits per heavy atom. The fraction of sp³-hybridized carbons (Fsp3) is 0.533. The molecule has 20 heavy (non-hydrogen) atoms. The highest BCUT2D eigenvalue weighted by Crippen LogP contribution is 2.22. The van der Waals surface area contributed by atoms with Crippen LogP contribution in [0, 0.1) is 5.92 Å². The summed E-state index contributed by atoms with van der Waals surface area (Å²) >= 11 is 1.54. The summed E-state index contributed by atoms with van der Waals surface area (Å²) in [6.07, 6.45) is 1.12. The van der Waals surface area contributed by atoms with Crippen molar-refractivity contribution in [2.24, 2.45) is 5.92 Å². The van der Waals surface area contributed by atoms with Crippen LogP contribution in [0.25, 0.3) is 0 Å². The van der Waals surface area contributed by atoms with E-state index in [4.69, 9.17) is 4.74 Å². The number of thioether (sulfide) groups is 1. The van der Waals surface area contributed by atoms with Gasteiger partial charge >= 0.3 is 0 Å². The predicted molar refractivity (Wildman–Crippen MR) is 82.3 cm³/mol. The van der Waals surface area contributed by atoms with E-state index < -0.39 is 0 Å². The summed E-state index contributed by atoms with van der Waals surface area (Å²) < 4.78 is 5.18. The van der Waals surface area contributed by atoms with E-state index in [-0.39, 0.29) is 11.9 Å². The Morgan fingerprint density at radius 1 is 1.55 bits per heavy atom. The summed E-state index contributed by atoms with van der Waals surface area (Å²) in [5.74, 6) is 1.90. The molecule has 0 bridgehead atoms. The minimum absolute atomic E-state index is 0.0957. The minimum Gasteiger partial charge on any atom is -0.497 e. The number of amides is 1. The fourth-order valence-corrected chi connectivity index (χ4v) is 3.03. The van der Waals surface area contributed by atoms with E-state index in [0.29, 0.717) is 11.7 Å². The molecule has 1 heterocycles. The van der Waals surface area contributed by atoms with E-state index in [1.807, 2.05) is 24.3 Å². The van der Waals surface area contributed by atoms with E-state index in [0.717, 1.165) is 30.2 Å². The van der Waals surface area contributed by atoms with Gasteiger partial charge in [0.15, 0.2) is 0 Å². The first-order chi connectivity index (χ1) is 9.69. The summed E-state index contributed by atoms with van der Waals surface area (Å²) in [6, 6.07) is 8.03. The number of carbonyl (C=O) groups excluding carboxylic acids is 1. The Hall–Kier alpha value is -1.20. The van der Waals surface area contributed by atoms with Gasteiger partial charge in [0.1, 0.15) is 5.75 Å². The zero-order valence-electron chi connectivity index (χ0n) is 12.0. The first-order valence-electron chi connectivity index (χ1n) is 6.96. The maximum atomic E-state index is 12.0. The van der Waals surface area contributed by atoms with Crippen molar-refractivity contribution in [2.45, 2.75) is 24.3 Å². The van der Waals surface area contributed by atoms with Crippen LogP contribution in [0.15, 0.2) is 29.2 Å². The topological polar surface area (TPSA) is 50.4 Å². The van der Waals surface area contributed by atoms with Gasteiger partial charge in [0, 0.05) is 17.5 Å². The zero-order chi connectivity index (χ0) is 14.4. The van der Waals surface area contributed by atoms with E-state index in [2.05, 4.69) is 17.6 Å². The first-order valence-corrected chi connectivity index (χ1v) is 7.94. The minimum atomic E-state index is 0.0957. The highest BCUT2D eigenvalue weighted by Gasteiger charge is 2.22. The quantitative estimate of drug-likeness (QED) is 0.815. The molecule has 1 saturated heterocycles. The van der Waals surface area contributed by atoms with E-state index in [9.17, 15) is 4.79 Å². The molecule has 1 amide bonds. The van der Waals surface area contributed by atoms with Gasteiger partial charge in [-0.05, 0) is 37.1 Å². The van der Waals surface area contributed by atoms with Crippen LogP contribution in [0.3, 0.4) is 0 Å². The molecule has 1 aliphatic rings. The Labute approximate surface area is 124 Å². The van der Waals surface area contributed by atoms with Crippen LogP contribution in [-0.4, -0.2) is 37.9 Å². The molecule has 5 heteroatoms. The molecule has 0 aliphatic carbocycles. The number of nitrogens with one attached hydrogen (secondary N) is 2. The second-order valence-corrected chi connectivity index (χ2v) is 6.16. The van der Waals surface area contributed by atoms with Crippen LogP contribution in [0.4, 0.5) is 0 Å². The van der Waals surface area contributed by atoms with Gasteiger partial charge in [0.05, 0.1) is 12.9 Å². The van der Waals surface area contributed by atoms with Crippen LogP contribution in [-0.2, 0) is 4.79 Å². The number of piperidine rings is 1. The van der Waals surface area contributed by atoms with Crippen LogP contribution in [0.5, 0.6) is 5.75 Å². The Morgan fingerprint density at radius 3 is 3.15 bits per heavy atom. The number of hydrogen-bond donors (Lipinski definition) is 2. The van der Waals surface area contributed by atoms with Gasteiger partial charge in [-0.3, -0.25) is 4.79 Å². The second-order valence-electron chi connectivity index (χ2n) is 5.11. The van der Waals surface area contributed by atoms with Crippen molar-refractivity contribution in [1.82, 2.24) is 10.6 Å². The third-order valence-corrected chi connectivity index (χ3v) is 4.58. The number of ether oxygens (including phenoxy) is 1. The van der Waals surface area contributed by atoms with Crippen LogP contribution < -0.4 is 15.4 Å². The average molecular weight is 294 g/mol. The normalized spacial score (nSPS) is 22.3. The lowest BCUT2D eigenvalue weighted by atomic mass is 9.95. The van der Waals surface area contributed by atoms with Crippen molar-refractivity contribution in [3.8, 4) is 5.75 Å². The van der Waals surface area contributed by atoms with Crippen molar-refractivity contribution in [3.05, 3.63) is 24.3 Å². The smallest absolute Gasteiger partial charge is 0.230 e. The molecular formula is C15H22N2O2S. The highest BCUT2D eigenvalue weighted by atomic mass is 32.2. The molecule has 1 aromatic rings. The van der Waals surface area contributed by atoms with Crippen LogP contribution >= 0.6 is 11.8 Å². The molecule has 2 unspecified atom stereocenters. The van der Waals surface area contributed by atoms with Crippen molar-refractivity contribution < 1.29 is 9.53 Å². The van der Waals surface area contributed by atoms with Crippen LogP contribution in [0.1, 0.15) is 13.3 Å². The van der Waals surface area contributed by atoms with Crippen molar-refractivity contribution in [1.29, 1.82) is 0 Å². The fourth-order valence-electron chi connectivity index (χ4n) is 2.27. The molecule has 2 atom stereocenters. The van der Waals surface area contributed by atoms with Gasteiger partial charge in [-0.2, -0.15) is 0 Å². The highest BCUT2D eigenvalue weighted by molar-refractivity contribution is 8.00. The lowest BCUT2D eigenvalue weighted by molar-refractivity contribution is -0.119. The Balaban J connectivity index is 1.79. The van der Waals surface area contributed by atoms with E-state index in [1.165, 1.54) is 11.8 Å². The summed E-state index contributed by atoms with van der Waals surface area (Å²) in [5.41, 5.74) is 0. The molecular weight excluding hydrogens is 272 g/mol. The second kappa shape index (κ2) is 7.55. The summed E-state index contributed by atoms with van der Waals surface area (Å²) in [7, 11) is 1.65. The third-order valence-electron chi connectivity index (χ3n) is 3.59. The Bertz CT molecular complexity index is 453. The molecule has 1 aromatic carbocycles. The van der Waals surface area contributed by atoms with E-state index in [1.54, 1.807) is 7.11 Å². The number of benzene rings is 1. The zero-order valence-corrected chi connectivity index (χ0v) is 12.8. The van der Waals surface area contributed by atoms with Gasteiger partial charge in [-0.25, -0.2) is 0 Å². The van der Waals surface area contributed by atoms with Gasteiger partial charge in [-0.1, -0.05) is 13.0 Å². The Kier molecular flexibility index (Phi) is 5.73. The molecule has 1 aliphatic heterocycles. The molecule has 4 nitrogen and oxygen atoms in total. The monoisotopic (exact) mass is 294 g/mol. The molecule has 0 aromatic heterocycles. The summed E-state index contributed by atoms with van der Waals surface area (Å²) in [4.78, 5) is 13.0. The summed E-state index contributed by atoms with van der Waals surface area (Å²) in [6.45, 7) is 4.11. The molecule has 0 spiro atoms. The van der Waals surface area contributed by atoms with Crippen LogP contribution in [0.2, 0.25) is 0 Å². The molecule has 0 saturated carbocycles. The molecule has 110 valence electrons. The van der Waals surface area contributed by atoms with Gasteiger partial charge in [-0.15, -0.1) is 11.8 Å².